The van der Waals surface area contributed by atoms with Crippen LogP contribution in [0.25, 0.3) is 0 Å². The molecule has 0 unspecified atom stereocenters. The van der Waals surface area contributed by atoms with Gasteiger partial charge >= 0.3 is 0 Å². The highest BCUT2D eigenvalue weighted by molar-refractivity contribution is 8.01. The maximum absolute atomic E-state index is 10.7. The van der Waals surface area contributed by atoms with E-state index in [0.717, 1.165) is 0 Å². The Morgan fingerprint density at radius 2 is 1.15 bits per heavy atom. The van der Waals surface area contributed by atoms with Crippen molar-refractivity contribution in [2.45, 2.75) is 0 Å². The van der Waals surface area contributed by atoms with Gasteiger partial charge in [0.05, 0.1) is 11.5 Å². The first-order valence-electron chi connectivity index (χ1n) is 3.64. The zero-order valence-electron chi connectivity index (χ0n) is 7.69. The molecule has 4 nitrogen and oxygen atoms in total. The largest absolute Gasteiger partial charge is 0.229 e. The molecule has 80 valence electrons. The Morgan fingerprint density at radius 1 is 0.846 bits per heavy atom. The molecule has 0 aromatic rings. The zero-order valence-corrected chi connectivity index (χ0v) is 10.1. The highest BCUT2D eigenvalue weighted by Crippen LogP contribution is 2.02. The predicted octanol–water partition coefficient (Wildman–Crippen LogP) is -0.191. The first kappa shape index (κ1) is 13.2. The van der Waals surface area contributed by atoms with E-state index < -0.39 is 19.7 Å². The van der Waals surface area contributed by atoms with Crippen LogP contribution in [0.3, 0.4) is 0 Å². The van der Waals surface area contributed by atoms with E-state index in [4.69, 9.17) is 0 Å². The van der Waals surface area contributed by atoms with Crippen molar-refractivity contribution >= 4 is 31.4 Å². The molecule has 0 fully saturated rings. The van der Waals surface area contributed by atoms with Crippen LogP contribution in [0.1, 0.15) is 0 Å². The van der Waals surface area contributed by atoms with Crippen LogP contribution in [-0.2, 0) is 19.7 Å². The molecule has 0 aliphatic heterocycles. The van der Waals surface area contributed by atoms with Crippen LogP contribution in [0, 0.1) is 0 Å². The minimum atomic E-state index is -2.91. The van der Waals surface area contributed by atoms with Crippen LogP contribution >= 0.6 is 11.8 Å². The Bertz CT molecular complexity index is 293. The molecule has 0 aromatic carbocycles. The van der Waals surface area contributed by atoms with Crippen molar-refractivity contribution in [2.24, 2.45) is 0 Å². The minimum Gasteiger partial charge on any atom is -0.229 e. The molecular weight excluding hydrogens is 232 g/mol. The first-order chi connectivity index (χ1) is 5.71. The summed E-state index contributed by atoms with van der Waals surface area (Å²) >= 11 is 1.35. The number of hydrogen-bond donors (Lipinski definition) is 0. The van der Waals surface area contributed by atoms with E-state index in [2.05, 4.69) is 0 Å². The molecule has 0 heterocycles. The average Bonchev–Trinajstić information content (AvgIpc) is 1.81. The number of thioether (sulfide) groups is 1. The summed E-state index contributed by atoms with van der Waals surface area (Å²) in [5, 5.41) is 0. The average molecular weight is 246 g/mol. The van der Waals surface area contributed by atoms with E-state index in [-0.39, 0.29) is 11.5 Å². The Kier molecular flexibility index (Phi) is 5.31. The lowest BCUT2D eigenvalue weighted by Crippen LogP contribution is -2.09. The molecule has 0 radical (unpaired) electrons. The molecule has 7 heteroatoms. The van der Waals surface area contributed by atoms with Crippen molar-refractivity contribution in [3.05, 3.63) is 0 Å². The highest BCUT2D eigenvalue weighted by atomic mass is 32.2. The van der Waals surface area contributed by atoms with Crippen LogP contribution in [0.4, 0.5) is 0 Å². The van der Waals surface area contributed by atoms with Gasteiger partial charge < -0.3 is 0 Å². The van der Waals surface area contributed by atoms with Gasteiger partial charge in [-0.25, -0.2) is 16.8 Å². The summed E-state index contributed by atoms with van der Waals surface area (Å²) in [4.78, 5) is 0. The molecular formula is C6H14O4S3. The number of sulfone groups is 2. The van der Waals surface area contributed by atoms with Gasteiger partial charge in [-0.05, 0) is 0 Å². The van der Waals surface area contributed by atoms with Crippen LogP contribution in [0.5, 0.6) is 0 Å². The Balaban J connectivity index is 3.50. The molecule has 0 aliphatic rings. The maximum atomic E-state index is 10.7. The second-order valence-electron chi connectivity index (χ2n) is 2.87. The molecule has 0 saturated carbocycles. The van der Waals surface area contributed by atoms with Crippen molar-refractivity contribution in [3.8, 4) is 0 Å². The monoisotopic (exact) mass is 246 g/mol. The standard InChI is InChI=1S/C6H14O4S3/c1-12(7,8)5-3-11-4-6-13(2,9)10/h3-6H2,1-2H3. The SMILES string of the molecule is CS(=O)(=O)CCSCCS(C)(=O)=O. The van der Waals surface area contributed by atoms with Crippen LogP contribution < -0.4 is 0 Å². The van der Waals surface area contributed by atoms with Crippen LogP contribution in [-0.4, -0.2) is 52.4 Å². The Hall–Kier alpha value is 0.250. The lowest BCUT2D eigenvalue weighted by atomic mass is 10.9. The Morgan fingerprint density at radius 3 is 1.38 bits per heavy atom. The van der Waals surface area contributed by atoms with Gasteiger partial charge in [-0.2, -0.15) is 11.8 Å². The third-order valence-corrected chi connectivity index (χ3v) is 4.59. The minimum absolute atomic E-state index is 0.113. The normalized spacial score (nSPS) is 13.1. The van der Waals surface area contributed by atoms with Crippen molar-refractivity contribution < 1.29 is 16.8 Å². The van der Waals surface area contributed by atoms with Crippen molar-refractivity contribution in [1.29, 1.82) is 0 Å². The smallest absolute Gasteiger partial charge is 0.148 e. The third kappa shape index (κ3) is 12.2. The highest BCUT2D eigenvalue weighted by Gasteiger charge is 2.04. The lowest BCUT2D eigenvalue weighted by Gasteiger charge is -1.99. The second kappa shape index (κ2) is 5.21. The molecule has 0 saturated heterocycles. The van der Waals surface area contributed by atoms with Crippen LogP contribution in [0.2, 0.25) is 0 Å². The number of rotatable bonds is 6. The van der Waals surface area contributed by atoms with Gasteiger partial charge in [0.15, 0.2) is 0 Å². The van der Waals surface area contributed by atoms with E-state index in [1.807, 2.05) is 0 Å². The summed E-state index contributed by atoms with van der Waals surface area (Å²) in [6.07, 6.45) is 2.34. The topological polar surface area (TPSA) is 68.3 Å². The van der Waals surface area contributed by atoms with Gasteiger partial charge in [-0.15, -0.1) is 0 Å². The molecule has 0 rings (SSSR count). The second-order valence-corrected chi connectivity index (χ2v) is 8.62. The summed E-state index contributed by atoms with van der Waals surface area (Å²) in [5.74, 6) is 1.16. The van der Waals surface area contributed by atoms with Crippen LogP contribution in [0.15, 0.2) is 0 Å². The quantitative estimate of drug-likeness (QED) is 0.608. The molecule has 0 amide bonds. The van der Waals surface area contributed by atoms with Gasteiger partial charge in [0, 0.05) is 24.0 Å². The molecule has 0 N–H and O–H groups in total. The fourth-order valence-electron chi connectivity index (χ4n) is 0.523. The first-order valence-corrected chi connectivity index (χ1v) is 8.91. The van der Waals surface area contributed by atoms with Gasteiger partial charge in [0.1, 0.15) is 19.7 Å². The summed E-state index contributed by atoms with van der Waals surface area (Å²) in [6, 6.07) is 0. The fourth-order valence-corrected chi connectivity index (χ4v) is 4.09. The third-order valence-electron chi connectivity index (χ3n) is 1.20. The zero-order chi connectivity index (χ0) is 10.5. The lowest BCUT2D eigenvalue weighted by molar-refractivity contribution is 0.602. The molecule has 0 atom stereocenters. The summed E-state index contributed by atoms with van der Waals surface area (Å²) in [7, 11) is -5.82. The fraction of sp³-hybridized carbons (Fsp3) is 1.00. The summed E-state index contributed by atoms with van der Waals surface area (Å²) < 4.78 is 42.6. The van der Waals surface area contributed by atoms with E-state index in [9.17, 15) is 16.8 Å². The predicted molar refractivity (Wildman–Crippen MR) is 56.7 cm³/mol. The van der Waals surface area contributed by atoms with Crippen molar-refractivity contribution in [1.82, 2.24) is 0 Å². The Labute approximate surface area is 83.9 Å². The van der Waals surface area contributed by atoms with Crippen molar-refractivity contribution in [3.63, 3.8) is 0 Å². The van der Waals surface area contributed by atoms with E-state index in [1.54, 1.807) is 0 Å². The molecule has 13 heavy (non-hydrogen) atoms. The number of hydrogen-bond acceptors (Lipinski definition) is 5. The van der Waals surface area contributed by atoms with Crippen molar-refractivity contribution in [2.75, 3.05) is 35.5 Å². The van der Waals surface area contributed by atoms with Gasteiger partial charge in [0.2, 0.25) is 0 Å². The van der Waals surface area contributed by atoms with Gasteiger partial charge in [0.25, 0.3) is 0 Å². The van der Waals surface area contributed by atoms with E-state index >= 15 is 0 Å². The molecule has 0 spiro atoms. The summed E-state index contributed by atoms with van der Waals surface area (Å²) in [5.41, 5.74) is 0. The van der Waals surface area contributed by atoms with E-state index in [1.165, 1.54) is 24.3 Å². The molecule has 0 aliphatic carbocycles. The van der Waals surface area contributed by atoms with Gasteiger partial charge in [-0.3, -0.25) is 0 Å². The maximum Gasteiger partial charge on any atom is 0.148 e. The van der Waals surface area contributed by atoms with E-state index in [0.29, 0.717) is 11.5 Å². The molecule has 0 bridgehead atoms. The molecule has 0 aromatic heterocycles. The summed E-state index contributed by atoms with van der Waals surface area (Å²) in [6.45, 7) is 0. The van der Waals surface area contributed by atoms with Gasteiger partial charge in [-0.1, -0.05) is 0 Å².